The van der Waals surface area contributed by atoms with Crippen LogP contribution in [0.4, 0.5) is 4.79 Å². The van der Waals surface area contributed by atoms with Gasteiger partial charge in [0.05, 0.1) is 16.0 Å². The van der Waals surface area contributed by atoms with E-state index in [1.165, 1.54) is 0 Å². The lowest BCUT2D eigenvalue weighted by Crippen LogP contribution is -2.43. The van der Waals surface area contributed by atoms with Crippen LogP contribution in [0, 0.1) is 0 Å². The largest absolute Gasteiger partial charge is 0.442 e. The van der Waals surface area contributed by atoms with E-state index in [4.69, 9.17) is 12.2 Å². The van der Waals surface area contributed by atoms with Crippen molar-refractivity contribution in [2.75, 3.05) is 6.61 Å². The summed E-state index contributed by atoms with van der Waals surface area (Å²) in [6.45, 7) is 10.1. The first-order chi connectivity index (χ1) is 12.2. The van der Waals surface area contributed by atoms with E-state index in [0.717, 1.165) is 5.56 Å². The molecule has 0 aliphatic rings. The number of ether oxygens (including phenoxy) is 2. The van der Waals surface area contributed by atoms with E-state index in [0.29, 0.717) is 19.6 Å². The van der Waals surface area contributed by atoms with Gasteiger partial charge in [-0.2, -0.15) is 0 Å². The smallest absolute Gasteiger partial charge is 0.410 e. The number of rotatable bonds is 9. The number of hydrogen-bond acceptors (Lipinski definition) is 3. The maximum absolute atomic E-state index is 12.3. The Morgan fingerprint density at radius 2 is 1.79 bits per heavy atom. The maximum atomic E-state index is 12.3. The molecule has 0 bridgehead atoms. The van der Waals surface area contributed by atoms with Crippen LogP contribution in [0.5, 0.6) is 0 Å². The minimum absolute atomic E-state index is 0.00845. The molecule has 0 N–H and O–H groups in total. The Morgan fingerprint density at radius 1 is 1.17 bits per heavy atom. The molecule has 0 heterocycles. The van der Waals surface area contributed by atoms with Gasteiger partial charge in [0, 0.05) is 12.1 Å². The molecule has 0 fully saturated rings. The van der Waals surface area contributed by atoms with Gasteiger partial charge in [0.15, 0.2) is 0 Å². The van der Waals surface area contributed by atoms with Gasteiger partial charge in [-0.15, -0.1) is 0 Å². The van der Waals surface area contributed by atoms with E-state index in [-0.39, 0.29) is 24.2 Å². The summed E-state index contributed by atoms with van der Waals surface area (Å²) >= 11 is 0. The number of hydrogen-bond donors (Lipinski definition) is 0. The molecular formula is C20H31NO3. The monoisotopic (exact) mass is 335 g/mol. The number of benzene rings is 1. The predicted molar refractivity (Wildman–Crippen MR) is 97.9 cm³/mol. The molecule has 0 aliphatic heterocycles. The van der Waals surface area contributed by atoms with E-state index in [1.54, 1.807) is 11.8 Å². The molecule has 0 radical (unpaired) electrons. The van der Waals surface area contributed by atoms with Gasteiger partial charge in [-0.3, -0.25) is 0 Å². The Kier molecular flexibility index (Phi) is 7.71. The fraction of sp³-hybridized carbons (Fsp3) is 0.550. The second-order valence-corrected chi connectivity index (χ2v) is 6.23. The number of nitrogens with zero attached hydrogens (tertiary/aromatic N) is 1. The molecule has 4 heteroatoms. The molecule has 1 atom stereocenters. The van der Waals surface area contributed by atoms with E-state index < -0.39 is 12.2 Å². The Morgan fingerprint density at radius 3 is 2.38 bits per heavy atom. The number of carbonyl (C=O) groups excluding carboxylic acids is 1. The lowest BCUT2D eigenvalue weighted by molar-refractivity contribution is 0.0652. The van der Waals surface area contributed by atoms with Gasteiger partial charge in [-0.05, 0) is 52.7 Å². The Balaban J connectivity index is 2.50. The lowest BCUT2D eigenvalue weighted by atomic mass is 10.2. The first kappa shape index (κ1) is 17.0. The minimum atomic E-state index is -0.760. The number of carbonyl (C=O) groups is 1. The van der Waals surface area contributed by atoms with Gasteiger partial charge in [0.2, 0.25) is 0 Å². The molecule has 1 aromatic rings. The fourth-order valence-electron chi connectivity index (χ4n) is 2.36. The molecule has 4 nitrogen and oxygen atoms in total. The van der Waals surface area contributed by atoms with Crippen LogP contribution in [0.3, 0.4) is 0 Å². The first-order valence-electron chi connectivity index (χ1n) is 9.50. The predicted octanol–water partition coefficient (Wildman–Crippen LogP) is 4.79. The third-order valence-corrected chi connectivity index (χ3v) is 3.39. The van der Waals surface area contributed by atoms with Gasteiger partial charge in [-0.1, -0.05) is 36.4 Å². The topological polar surface area (TPSA) is 38.8 Å². The zero-order chi connectivity index (χ0) is 19.7. The van der Waals surface area contributed by atoms with Crippen LogP contribution < -0.4 is 0 Å². The highest BCUT2D eigenvalue weighted by Crippen LogP contribution is 2.09. The van der Waals surface area contributed by atoms with Crippen LogP contribution in [-0.2, 0) is 16.1 Å². The molecule has 0 spiro atoms. The molecule has 0 saturated heterocycles. The summed E-state index contributed by atoms with van der Waals surface area (Å²) in [5.41, 5.74) is 1.07. The summed E-state index contributed by atoms with van der Waals surface area (Å²) in [5, 5.41) is 0. The van der Waals surface area contributed by atoms with Crippen LogP contribution in [0.1, 0.15) is 49.3 Å². The Hall–Kier alpha value is -1.81. The molecule has 0 aromatic heterocycles. The molecule has 1 aromatic carbocycles. The second kappa shape index (κ2) is 10.9. The summed E-state index contributed by atoms with van der Waals surface area (Å²) in [4.78, 5) is 13.9. The van der Waals surface area contributed by atoms with Crippen LogP contribution >= 0.6 is 0 Å². The molecule has 134 valence electrons. The number of amides is 1. The zero-order valence-electron chi connectivity index (χ0n) is 17.4. The van der Waals surface area contributed by atoms with Crippen molar-refractivity contribution in [2.24, 2.45) is 0 Å². The first-order valence-corrected chi connectivity index (χ1v) is 8.50. The van der Waals surface area contributed by atoms with Gasteiger partial charge in [-0.25, -0.2) is 4.79 Å². The molecule has 24 heavy (non-hydrogen) atoms. The van der Waals surface area contributed by atoms with Crippen LogP contribution in [0.25, 0.3) is 0 Å². The summed E-state index contributed by atoms with van der Waals surface area (Å²) in [5.74, 6) is 0. The van der Waals surface area contributed by atoms with Crippen molar-refractivity contribution in [2.45, 2.75) is 65.8 Å². The third kappa shape index (κ3) is 7.64. The molecule has 1 rings (SSSR count). The fourth-order valence-corrected chi connectivity index (χ4v) is 2.36. The second-order valence-electron chi connectivity index (χ2n) is 6.23. The third-order valence-electron chi connectivity index (χ3n) is 3.39. The normalized spacial score (nSPS) is 14.8. The van der Waals surface area contributed by atoms with Crippen LogP contribution in [0.15, 0.2) is 42.4 Å². The highest BCUT2D eigenvalue weighted by atomic mass is 16.6. The van der Waals surface area contributed by atoms with Crippen molar-refractivity contribution in [3.63, 3.8) is 0 Å². The summed E-state index contributed by atoms with van der Waals surface area (Å²) in [6.07, 6.45) is -0.907. The molecule has 0 saturated carbocycles. The van der Waals surface area contributed by atoms with Gasteiger partial charge < -0.3 is 14.4 Å². The quantitative estimate of drug-likeness (QED) is 0.481. The molecule has 0 aliphatic carbocycles. The average molecular weight is 335 g/mol. The standard InChI is InChI=1S/C20H31NO3/c1-16(2)21(17(3)4)20(22)24-18(5)11-9-10-14-23-15-19-12-7-6-8-13-19/h6-9,11-13,16-18H,10,14-15H2,1-5H3/b11-9+/i9D,11D. The van der Waals surface area contributed by atoms with E-state index in [2.05, 4.69) is 0 Å². The highest BCUT2D eigenvalue weighted by Gasteiger charge is 2.22. The molecule has 1 unspecified atom stereocenters. The highest BCUT2D eigenvalue weighted by molar-refractivity contribution is 5.68. The van der Waals surface area contributed by atoms with E-state index in [9.17, 15) is 4.79 Å². The average Bonchev–Trinajstić information content (AvgIpc) is 2.57. The Labute approximate surface area is 149 Å². The van der Waals surface area contributed by atoms with Crippen molar-refractivity contribution < 1.29 is 17.0 Å². The minimum Gasteiger partial charge on any atom is -0.442 e. The van der Waals surface area contributed by atoms with Gasteiger partial charge in [0.25, 0.3) is 0 Å². The maximum Gasteiger partial charge on any atom is 0.410 e. The molecular weight excluding hydrogens is 302 g/mol. The summed E-state index contributed by atoms with van der Waals surface area (Å²) in [6, 6.07) is 9.95. The zero-order valence-corrected chi connectivity index (χ0v) is 15.4. The van der Waals surface area contributed by atoms with Crippen molar-refractivity contribution in [1.82, 2.24) is 4.90 Å². The summed E-state index contributed by atoms with van der Waals surface area (Å²) < 4.78 is 27.0. The van der Waals surface area contributed by atoms with Crippen molar-refractivity contribution in [3.8, 4) is 0 Å². The van der Waals surface area contributed by atoms with Crippen LogP contribution in [-0.4, -0.2) is 35.8 Å². The lowest BCUT2D eigenvalue weighted by Gasteiger charge is -2.30. The molecule has 1 amide bonds. The van der Waals surface area contributed by atoms with E-state index >= 15 is 0 Å². The van der Waals surface area contributed by atoms with Gasteiger partial charge >= 0.3 is 6.09 Å². The van der Waals surface area contributed by atoms with Crippen molar-refractivity contribution in [3.05, 3.63) is 48.0 Å². The SMILES string of the molecule is [2H]/C(CCOCc1ccccc1)=C(/[2H])C(C)OC(=O)N(C(C)C)C(C)C. The van der Waals surface area contributed by atoms with Gasteiger partial charge in [0.1, 0.15) is 6.10 Å². The van der Waals surface area contributed by atoms with Crippen LogP contribution in [0.2, 0.25) is 0 Å². The van der Waals surface area contributed by atoms with E-state index in [1.807, 2.05) is 58.0 Å². The Bertz CT molecular complexity index is 580. The van der Waals surface area contributed by atoms with Crippen molar-refractivity contribution >= 4 is 6.09 Å². The summed E-state index contributed by atoms with van der Waals surface area (Å²) in [7, 11) is 0. The van der Waals surface area contributed by atoms with Crippen molar-refractivity contribution in [1.29, 1.82) is 0 Å².